The summed E-state index contributed by atoms with van der Waals surface area (Å²) in [7, 11) is 0. The van der Waals surface area contributed by atoms with Gasteiger partial charge in [-0.25, -0.2) is 0 Å². The lowest BCUT2D eigenvalue weighted by molar-refractivity contribution is -0.175. The normalized spacial score (nSPS) is 24.9. The van der Waals surface area contributed by atoms with E-state index in [9.17, 15) is 18.0 Å². The molecule has 0 bridgehead atoms. The third kappa shape index (κ3) is 6.88. The lowest BCUT2D eigenvalue weighted by Crippen LogP contribution is -2.33. The highest BCUT2D eigenvalue weighted by Crippen LogP contribution is 2.29. The fraction of sp³-hybridized carbons (Fsp3) is 0.900. The van der Waals surface area contributed by atoms with Crippen molar-refractivity contribution >= 4 is 21.8 Å². The topological polar surface area (TPSA) is 38.3 Å². The second kappa shape index (κ2) is 6.58. The Labute approximate surface area is 106 Å². The highest BCUT2D eigenvalue weighted by Gasteiger charge is 2.28. The molecule has 0 aliphatic heterocycles. The van der Waals surface area contributed by atoms with Gasteiger partial charge in [0.15, 0.2) is 0 Å². The molecule has 0 aromatic heterocycles. The van der Waals surface area contributed by atoms with Crippen molar-refractivity contribution in [2.75, 3.05) is 19.8 Å². The van der Waals surface area contributed by atoms with Crippen molar-refractivity contribution < 1.29 is 22.7 Å². The number of hydrogen-bond donors (Lipinski definition) is 1. The summed E-state index contributed by atoms with van der Waals surface area (Å²) in [5.41, 5.74) is 0. The van der Waals surface area contributed by atoms with Crippen LogP contribution in [-0.2, 0) is 9.53 Å². The summed E-state index contributed by atoms with van der Waals surface area (Å²) in [5.74, 6) is -0.0850. The van der Waals surface area contributed by atoms with Gasteiger partial charge >= 0.3 is 6.18 Å². The van der Waals surface area contributed by atoms with E-state index in [4.69, 9.17) is 0 Å². The van der Waals surface area contributed by atoms with Crippen LogP contribution < -0.4 is 5.32 Å². The molecule has 1 N–H and O–H groups in total. The Morgan fingerprint density at radius 1 is 1.41 bits per heavy atom. The lowest BCUT2D eigenvalue weighted by Gasteiger charge is -2.11. The first kappa shape index (κ1) is 14.8. The van der Waals surface area contributed by atoms with Gasteiger partial charge in [0.1, 0.15) is 13.2 Å². The largest absolute Gasteiger partial charge is 0.411 e. The predicted octanol–water partition coefficient (Wildman–Crippen LogP) is 2.25. The summed E-state index contributed by atoms with van der Waals surface area (Å²) in [6.45, 7) is -1.41. The molecular formula is C10H15BrF3NO2. The van der Waals surface area contributed by atoms with Crippen molar-refractivity contribution in [3.05, 3.63) is 0 Å². The van der Waals surface area contributed by atoms with Crippen molar-refractivity contribution in [3.8, 4) is 0 Å². The van der Waals surface area contributed by atoms with Gasteiger partial charge < -0.3 is 10.1 Å². The van der Waals surface area contributed by atoms with Crippen LogP contribution in [0.25, 0.3) is 0 Å². The average molecular weight is 318 g/mol. The van der Waals surface area contributed by atoms with Crippen molar-refractivity contribution in [2.24, 2.45) is 5.92 Å². The molecule has 100 valence electrons. The molecule has 1 fully saturated rings. The van der Waals surface area contributed by atoms with Crippen molar-refractivity contribution in [1.82, 2.24) is 5.32 Å². The summed E-state index contributed by atoms with van der Waals surface area (Å²) in [5, 5.41) is 2.58. The number of rotatable bonds is 5. The zero-order valence-electron chi connectivity index (χ0n) is 9.23. The van der Waals surface area contributed by atoms with E-state index in [0.29, 0.717) is 17.3 Å². The number of ether oxygens (including phenoxy) is 1. The minimum absolute atomic E-state index is 0.408. The van der Waals surface area contributed by atoms with Crippen LogP contribution >= 0.6 is 15.9 Å². The van der Waals surface area contributed by atoms with E-state index in [1.54, 1.807) is 0 Å². The molecule has 1 aliphatic rings. The van der Waals surface area contributed by atoms with Crippen LogP contribution in [0.2, 0.25) is 0 Å². The summed E-state index contributed by atoms with van der Waals surface area (Å²) in [6.07, 6.45) is -1.29. The highest BCUT2D eigenvalue weighted by atomic mass is 79.9. The molecular weight excluding hydrogens is 303 g/mol. The first-order chi connectivity index (χ1) is 7.87. The van der Waals surface area contributed by atoms with E-state index in [-0.39, 0.29) is 0 Å². The quantitative estimate of drug-likeness (QED) is 0.790. The Morgan fingerprint density at radius 3 is 2.65 bits per heavy atom. The van der Waals surface area contributed by atoms with Gasteiger partial charge in [-0.2, -0.15) is 13.2 Å². The molecule has 1 aliphatic carbocycles. The van der Waals surface area contributed by atoms with Gasteiger partial charge in [-0.05, 0) is 25.2 Å². The minimum Gasteiger partial charge on any atom is -0.362 e. The predicted molar refractivity (Wildman–Crippen MR) is 59.9 cm³/mol. The van der Waals surface area contributed by atoms with E-state index in [1.165, 1.54) is 0 Å². The fourth-order valence-corrected chi connectivity index (χ4v) is 2.56. The molecule has 7 heteroatoms. The number of carbonyl (C=O) groups is 1. The first-order valence-electron chi connectivity index (χ1n) is 5.42. The monoisotopic (exact) mass is 317 g/mol. The molecule has 0 aromatic carbocycles. The molecule has 1 rings (SSSR count). The Hall–Kier alpha value is -0.300. The van der Waals surface area contributed by atoms with Crippen molar-refractivity contribution in [1.29, 1.82) is 0 Å². The zero-order valence-corrected chi connectivity index (χ0v) is 10.8. The van der Waals surface area contributed by atoms with Crippen molar-refractivity contribution in [3.63, 3.8) is 0 Å². The van der Waals surface area contributed by atoms with Crippen LogP contribution in [0.5, 0.6) is 0 Å². The van der Waals surface area contributed by atoms with Gasteiger partial charge in [0, 0.05) is 11.4 Å². The molecule has 0 spiro atoms. The number of carbonyl (C=O) groups excluding carboxylic acids is 1. The Morgan fingerprint density at radius 2 is 2.12 bits per heavy atom. The number of halogens is 4. The SMILES string of the molecule is O=C(COCC(F)(F)F)NCC1CCC(Br)C1. The number of hydrogen-bond acceptors (Lipinski definition) is 2. The smallest absolute Gasteiger partial charge is 0.362 e. The highest BCUT2D eigenvalue weighted by molar-refractivity contribution is 9.09. The van der Waals surface area contributed by atoms with Crippen molar-refractivity contribution in [2.45, 2.75) is 30.3 Å². The molecule has 3 nitrogen and oxygen atoms in total. The first-order valence-corrected chi connectivity index (χ1v) is 6.33. The Kier molecular flexibility index (Phi) is 5.72. The van der Waals surface area contributed by atoms with Crippen LogP contribution in [-0.4, -0.2) is 36.7 Å². The van der Waals surface area contributed by atoms with Gasteiger partial charge in [0.2, 0.25) is 5.91 Å². The second-order valence-corrected chi connectivity index (χ2v) is 5.48. The summed E-state index contributed by atoms with van der Waals surface area (Å²) in [6, 6.07) is 0. The maximum absolute atomic E-state index is 11.7. The van der Waals surface area contributed by atoms with E-state index in [2.05, 4.69) is 26.0 Å². The average Bonchev–Trinajstić information content (AvgIpc) is 2.59. The third-order valence-electron chi connectivity index (χ3n) is 2.56. The molecule has 0 radical (unpaired) electrons. The maximum Gasteiger partial charge on any atom is 0.411 e. The van der Waals surface area contributed by atoms with Crippen LogP contribution in [0.15, 0.2) is 0 Å². The van der Waals surface area contributed by atoms with Gasteiger partial charge in [0.25, 0.3) is 0 Å². The van der Waals surface area contributed by atoms with E-state index >= 15 is 0 Å². The molecule has 0 aromatic rings. The van der Waals surface area contributed by atoms with Gasteiger partial charge in [-0.3, -0.25) is 4.79 Å². The Balaban J connectivity index is 2.05. The summed E-state index contributed by atoms with van der Waals surface area (Å²) >= 11 is 3.49. The molecule has 0 saturated heterocycles. The van der Waals surface area contributed by atoms with E-state index in [1.807, 2.05) is 0 Å². The number of nitrogens with one attached hydrogen (secondary N) is 1. The fourth-order valence-electron chi connectivity index (χ4n) is 1.77. The Bertz CT molecular complexity index is 260. The van der Waals surface area contributed by atoms with Crippen LogP contribution in [0.1, 0.15) is 19.3 Å². The summed E-state index contributed by atoms with van der Waals surface area (Å²) < 4.78 is 39.4. The molecule has 1 saturated carbocycles. The van der Waals surface area contributed by atoms with E-state index in [0.717, 1.165) is 19.3 Å². The molecule has 0 heterocycles. The van der Waals surface area contributed by atoms with Gasteiger partial charge in [-0.15, -0.1) is 0 Å². The van der Waals surface area contributed by atoms with Gasteiger partial charge in [0.05, 0.1) is 0 Å². The van der Waals surface area contributed by atoms with Crippen LogP contribution in [0.3, 0.4) is 0 Å². The van der Waals surface area contributed by atoms with E-state index < -0.39 is 25.3 Å². The molecule has 1 amide bonds. The third-order valence-corrected chi connectivity index (χ3v) is 3.40. The summed E-state index contributed by atoms with van der Waals surface area (Å²) in [4.78, 5) is 11.6. The standard InChI is InChI=1S/C10H15BrF3NO2/c11-8-2-1-7(3-8)4-15-9(16)5-17-6-10(12,13)14/h7-8H,1-6H2,(H,15,16). The van der Waals surface area contributed by atoms with Crippen LogP contribution in [0.4, 0.5) is 13.2 Å². The second-order valence-electron chi connectivity index (χ2n) is 4.19. The molecule has 2 atom stereocenters. The number of alkyl halides is 4. The molecule has 2 unspecified atom stereocenters. The maximum atomic E-state index is 11.7. The molecule has 17 heavy (non-hydrogen) atoms. The van der Waals surface area contributed by atoms with Crippen LogP contribution in [0, 0.1) is 5.92 Å². The number of amides is 1. The zero-order chi connectivity index (χ0) is 12.9. The van der Waals surface area contributed by atoms with Gasteiger partial charge in [-0.1, -0.05) is 15.9 Å². The lowest BCUT2D eigenvalue weighted by atomic mass is 10.1. The minimum atomic E-state index is -4.38.